The molecule has 0 saturated carbocycles. The molecule has 5 heterocycles. The van der Waals surface area contributed by atoms with Gasteiger partial charge in [0.2, 0.25) is 33.3 Å². The summed E-state index contributed by atoms with van der Waals surface area (Å²) >= 11 is 4.59. The van der Waals surface area contributed by atoms with Crippen molar-refractivity contribution in [3.8, 4) is 59.7 Å². The van der Waals surface area contributed by atoms with Crippen LogP contribution in [0.1, 0.15) is 223 Å². The average molecular weight is 2070 g/mol. The van der Waals surface area contributed by atoms with Gasteiger partial charge in [-0.25, -0.2) is 0 Å². The Kier molecular flexibility index (Phi) is 48.2. The Morgan fingerprint density at radius 3 is 0.770 bits per heavy atom. The first-order chi connectivity index (χ1) is 58.5. The van der Waals surface area contributed by atoms with E-state index < -0.39 is 132 Å². The second-order valence-corrected chi connectivity index (χ2v) is 63.2. The first-order valence-corrected chi connectivity index (χ1v) is 56.5. The molecular formula is C99H161I2O20PSi4. The van der Waals surface area contributed by atoms with E-state index in [-0.39, 0.29) is 95.9 Å². The van der Waals surface area contributed by atoms with E-state index in [1.807, 2.05) is 24.3 Å². The molecule has 1 unspecified atom stereocenters. The van der Waals surface area contributed by atoms with E-state index in [1.54, 1.807) is 24.3 Å². The van der Waals surface area contributed by atoms with Crippen molar-refractivity contribution in [1.82, 2.24) is 0 Å². The molecule has 0 amide bonds. The summed E-state index contributed by atoms with van der Waals surface area (Å²) in [4.78, 5) is 0. The lowest BCUT2D eigenvalue weighted by atomic mass is 9.81. The molecule has 712 valence electrons. The van der Waals surface area contributed by atoms with Crippen LogP contribution in [0.5, 0.6) is 0 Å². The van der Waals surface area contributed by atoms with Gasteiger partial charge in [0.15, 0.2) is 0 Å². The second kappa shape index (κ2) is 52.5. The van der Waals surface area contributed by atoms with Gasteiger partial charge in [-0.05, 0) is 208 Å². The molecule has 5 fully saturated rings. The quantitative estimate of drug-likeness (QED) is 0.0163. The van der Waals surface area contributed by atoms with E-state index in [4.69, 9.17) is 47.8 Å². The van der Waals surface area contributed by atoms with Gasteiger partial charge in [-0.3, -0.25) is 0 Å². The first-order valence-electron chi connectivity index (χ1n) is 45.7. The van der Waals surface area contributed by atoms with Crippen molar-refractivity contribution < 1.29 is 97.6 Å². The summed E-state index contributed by atoms with van der Waals surface area (Å²) in [6.45, 7) is 65.1. The van der Waals surface area contributed by atoms with E-state index in [0.29, 0.717) is 77.6 Å². The lowest BCUT2D eigenvalue weighted by Crippen LogP contribution is -2.65. The summed E-state index contributed by atoms with van der Waals surface area (Å²) in [7, 11) is -9.01. The maximum absolute atomic E-state index is 11.1. The van der Waals surface area contributed by atoms with E-state index >= 15 is 0 Å². The molecule has 3 aromatic rings. The van der Waals surface area contributed by atoms with Crippen LogP contribution in [0, 0.1) is 96.4 Å². The van der Waals surface area contributed by atoms with Crippen LogP contribution in [0.3, 0.4) is 0 Å². The van der Waals surface area contributed by atoms with E-state index in [2.05, 4.69) is 324 Å². The van der Waals surface area contributed by atoms with Crippen LogP contribution >= 0.6 is 55.1 Å². The molecule has 5 aliphatic rings. The van der Waals surface area contributed by atoms with Crippen LogP contribution in [0.25, 0.3) is 0 Å². The number of rotatable bonds is 25. The SMILES string of the molecule is C#C[C@H]1O[C@H](CO)[C@@H](C)[C@H](C)[C@@H]1O[Si](C(C)C)(C(C)C)C(C)C.CC(C)[Si](O[C@@H]1[C@H](C)[C@@H](C#Cc2ccc(C#C[C@H]3O[C@H](CO)[C@@H](C)[C@H](C)[C@@H]3O[Si](C(C)C)(C(C)C)C(C)C)cc2)O[C@H](CO)[C@H]1O[Si](C(C)C)(C(C)C)C(C)C)(C(C)C)C(C)C.Ic1ccc(I)cc1.OC[C@H]1O[C@H](C#Cc2ccc(C#C[C@H]3O[C@H](CO)[C@@H](O)[C@H](O)[C@@H]3O)cc2)[C@@H](O)[C@@H](O)[C@@H]1O.P. The fourth-order valence-electron chi connectivity index (χ4n) is 20.7. The average Bonchev–Trinajstić information content (AvgIpc) is 0.765. The molecule has 26 atom stereocenters. The van der Waals surface area contributed by atoms with Gasteiger partial charge in [0.1, 0.15) is 85.5 Å². The zero-order valence-corrected chi connectivity index (χ0v) is 90.7. The number of terminal acetylenes is 1. The molecule has 3 aromatic carbocycles. The van der Waals surface area contributed by atoms with Gasteiger partial charge in [-0.2, -0.15) is 9.90 Å². The molecule has 20 nitrogen and oxygen atoms in total. The van der Waals surface area contributed by atoms with Crippen LogP contribution in [-0.2, 0) is 41.4 Å². The minimum atomic E-state index is -2.39. The van der Waals surface area contributed by atoms with Gasteiger partial charge in [0.05, 0.1) is 69.7 Å². The molecule has 0 bridgehead atoms. The van der Waals surface area contributed by atoms with Crippen molar-refractivity contribution in [2.45, 2.75) is 389 Å². The Morgan fingerprint density at radius 2 is 0.508 bits per heavy atom. The Balaban J connectivity index is 0.000000426. The lowest BCUT2D eigenvalue weighted by Gasteiger charge is -2.54. The highest BCUT2D eigenvalue weighted by molar-refractivity contribution is 14.1. The Hall–Kier alpha value is -2.58. The molecule has 0 aromatic heterocycles. The van der Waals surface area contributed by atoms with Gasteiger partial charge < -0.3 is 97.6 Å². The fraction of sp³-hybridized carbons (Fsp3) is 0.717. The standard InChI is InChI=1S/C52H92O7Si3.C22H26O10.C19H36O3Si.C6H4I2.H3P/c1-32(2)60(33(3)4,34(5)6)57-50-42(20)41(19)48(30-53)56-47(50)29-27-45-24-22-44(23-25-45)26-28-46-43(21)51(58-61(35(7)8,36(9)10)37(11)12)52(49(31-54)55-46)59-62(38(13)14,39(15)16)40(17)18;23-9-15-19(27)21(29)17(25)13(31-15)7-5-11-1-2-12(4-3-11)6-8-14-18(26)22(30)20(28)16(10-24)32-14;1-10-17-19(16(9)15(8)18(11-20)21-17)22-23(12(2)3,13(4)5)14(6)7;7-5-1-2-6(8)4-3-5;/h22-25,32-43,46-54H,30-31H2,1-21H3;1-4,13-30H,9-10H2;1,12-20H,11H2,2-9H3;1-4H;1H3/t41-,42-,43+,46+,47+,48+,49+,50-,51+,52+;13-,14-,15-,16-,17-,18-,19-,20-,21-,22-;15-,16-,17+,18+,19-;;/m010../s1. The molecular weight excluding hydrogens is 1910 g/mol. The summed E-state index contributed by atoms with van der Waals surface area (Å²) < 4.78 is 62.1. The largest absolute Gasteiger partial charge is 0.410 e. The molecule has 5 aliphatic heterocycles. The van der Waals surface area contributed by atoms with Crippen LogP contribution < -0.4 is 0 Å². The topological polar surface area (TPSA) is 306 Å². The molecule has 0 radical (unpaired) electrons. The Morgan fingerprint density at radius 1 is 0.286 bits per heavy atom. The van der Waals surface area contributed by atoms with Crippen molar-refractivity contribution >= 4 is 88.4 Å². The van der Waals surface area contributed by atoms with Crippen LogP contribution in [0.4, 0.5) is 0 Å². The van der Waals surface area contributed by atoms with E-state index in [9.17, 15) is 56.2 Å². The molecule has 126 heavy (non-hydrogen) atoms. The van der Waals surface area contributed by atoms with Gasteiger partial charge in [0.25, 0.3) is 0 Å². The van der Waals surface area contributed by atoms with Crippen molar-refractivity contribution in [3.63, 3.8) is 0 Å². The zero-order chi connectivity index (χ0) is 94.6. The summed E-state index contributed by atoms with van der Waals surface area (Å²) in [6, 6.07) is 23.0. The van der Waals surface area contributed by atoms with Gasteiger partial charge in [-0.15, -0.1) is 6.42 Å². The highest BCUT2D eigenvalue weighted by Gasteiger charge is 2.58. The van der Waals surface area contributed by atoms with Crippen molar-refractivity contribution in [1.29, 1.82) is 0 Å². The van der Waals surface area contributed by atoms with Gasteiger partial charge in [-0.1, -0.05) is 254 Å². The number of ether oxygens (including phenoxy) is 5. The molecule has 27 heteroatoms. The maximum atomic E-state index is 11.1. The Bertz CT molecular complexity index is 3840. The first kappa shape index (κ1) is 116. The highest BCUT2D eigenvalue weighted by atomic mass is 127. The lowest BCUT2D eigenvalue weighted by molar-refractivity contribution is -0.214. The number of aliphatic hydroxyl groups is 11. The van der Waals surface area contributed by atoms with Crippen molar-refractivity contribution in [2.75, 3.05) is 33.0 Å². The third-order valence-electron chi connectivity index (χ3n) is 27.8. The molecule has 5 saturated heterocycles. The summed E-state index contributed by atoms with van der Waals surface area (Å²) in [5, 5.41) is 109. The van der Waals surface area contributed by atoms with Crippen molar-refractivity contribution in [3.05, 3.63) is 102 Å². The predicted molar refractivity (Wildman–Crippen MR) is 536 cm³/mol. The minimum Gasteiger partial charge on any atom is -0.410 e. The Labute approximate surface area is 793 Å². The van der Waals surface area contributed by atoms with Crippen LogP contribution in [-0.4, -0.2) is 245 Å². The third-order valence-corrected chi connectivity index (χ3v) is 53.6. The van der Waals surface area contributed by atoms with Gasteiger partial charge in [0, 0.05) is 35.3 Å². The van der Waals surface area contributed by atoms with Crippen LogP contribution in [0.2, 0.25) is 66.5 Å². The number of aliphatic hydroxyl groups excluding tert-OH is 11. The van der Waals surface area contributed by atoms with Crippen molar-refractivity contribution in [2.24, 2.45) is 29.6 Å². The number of benzene rings is 3. The third kappa shape index (κ3) is 27.9. The molecule has 8 rings (SSSR count). The molecule has 0 spiro atoms. The highest BCUT2D eigenvalue weighted by Crippen LogP contribution is 2.52. The van der Waals surface area contributed by atoms with Crippen LogP contribution in [0.15, 0.2) is 72.8 Å². The smallest absolute Gasteiger partial charge is 0.201 e. The molecule has 0 aliphatic carbocycles. The number of hydrogen-bond acceptors (Lipinski definition) is 20. The minimum absolute atomic E-state index is 0. The van der Waals surface area contributed by atoms with E-state index in [1.165, 1.54) is 7.14 Å². The number of hydrogen-bond donors (Lipinski definition) is 11. The zero-order valence-electron chi connectivity index (χ0n) is 81.0. The molecule has 11 N–H and O–H groups in total. The summed E-state index contributed by atoms with van der Waals surface area (Å²) in [5.41, 5.74) is 7.95. The summed E-state index contributed by atoms with van der Waals surface area (Å²) in [6.07, 6.45) is -10.6. The maximum Gasteiger partial charge on any atom is 0.201 e. The fourth-order valence-corrected chi connectivity index (χ4v) is 43.8. The normalized spacial score (nSPS) is 30.2. The summed E-state index contributed by atoms with van der Waals surface area (Å²) in [5.74, 6) is 28.2. The van der Waals surface area contributed by atoms with E-state index in [0.717, 1.165) is 11.1 Å². The second-order valence-electron chi connectivity index (χ2n) is 39.1. The van der Waals surface area contributed by atoms with Gasteiger partial charge >= 0.3 is 0 Å². The number of halogens is 2. The predicted octanol–water partition coefficient (Wildman–Crippen LogP) is 15.7. The monoisotopic (exact) mass is 2070 g/mol.